The van der Waals surface area contributed by atoms with Crippen molar-refractivity contribution in [2.24, 2.45) is 0 Å². The van der Waals surface area contributed by atoms with Crippen LogP contribution in [0.4, 0.5) is 0 Å². The first-order valence-electron chi connectivity index (χ1n) is 5.32. The molecule has 2 aromatic rings. The number of aliphatic hydroxyl groups is 1. The smallest absolute Gasteiger partial charge is 0.252 e. The van der Waals surface area contributed by atoms with Gasteiger partial charge in [-0.1, -0.05) is 11.6 Å². The largest absolute Gasteiger partial charge is 0.392 e. The van der Waals surface area contributed by atoms with Gasteiger partial charge in [-0.25, -0.2) is 8.42 Å². The van der Waals surface area contributed by atoms with E-state index in [1.54, 1.807) is 11.4 Å². The van der Waals surface area contributed by atoms with Crippen LogP contribution in [0.25, 0.3) is 0 Å². The predicted octanol–water partition coefficient (Wildman–Crippen LogP) is 2.78. The third kappa shape index (κ3) is 3.36. The van der Waals surface area contributed by atoms with E-state index in [4.69, 9.17) is 16.7 Å². The number of sulfonamides is 1. The second kappa shape index (κ2) is 5.90. The summed E-state index contributed by atoms with van der Waals surface area (Å²) in [5.41, 5.74) is 0.608. The van der Waals surface area contributed by atoms with Gasteiger partial charge in [-0.3, -0.25) is 0 Å². The van der Waals surface area contributed by atoms with Gasteiger partial charge in [0, 0.05) is 18.5 Å². The molecule has 0 aliphatic heterocycles. The first kappa shape index (κ1) is 15.0. The summed E-state index contributed by atoms with van der Waals surface area (Å²) in [6.07, 6.45) is 0. The number of nitrogens with zero attached hydrogens (tertiary/aromatic N) is 1. The first-order chi connectivity index (χ1) is 8.93. The molecule has 2 rings (SSSR count). The highest BCUT2D eigenvalue weighted by atomic mass is 35.5. The molecular formula is C11H12ClNO3S3. The van der Waals surface area contributed by atoms with Crippen molar-refractivity contribution >= 4 is 44.3 Å². The highest BCUT2D eigenvalue weighted by Crippen LogP contribution is 2.27. The van der Waals surface area contributed by atoms with Crippen LogP contribution < -0.4 is 0 Å². The number of hydrogen-bond donors (Lipinski definition) is 1. The van der Waals surface area contributed by atoms with Gasteiger partial charge in [0.2, 0.25) is 0 Å². The Morgan fingerprint density at radius 3 is 2.68 bits per heavy atom. The molecule has 4 nitrogen and oxygen atoms in total. The summed E-state index contributed by atoms with van der Waals surface area (Å²) in [5.74, 6) is 0. The van der Waals surface area contributed by atoms with E-state index in [1.807, 2.05) is 6.07 Å². The normalized spacial score (nSPS) is 12.2. The van der Waals surface area contributed by atoms with Gasteiger partial charge >= 0.3 is 0 Å². The molecule has 0 radical (unpaired) electrons. The molecule has 0 amide bonds. The van der Waals surface area contributed by atoms with Crippen LogP contribution in [0.2, 0.25) is 4.34 Å². The summed E-state index contributed by atoms with van der Waals surface area (Å²) in [6.45, 7) is 0.127. The van der Waals surface area contributed by atoms with Gasteiger partial charge in [-0.05, 0) is 29.1 Å². The maximum Gasteiger partial charge on any atom is 0.252 e. The fourth-order valence-electron chi connectivity index (χ4n) is 1.47. The number of aliphatic hydroxyl groups excluding tert-OH is 1. The van der Waals surface area contributed by atoms with Crippen molar-refractivity contribution in [3.63, 3.8) is 0 Å². The van der Waals surface area contributed by atoms with Gasteiger partial charge in [0.25, 0.3) is 10.0 Å². The van der Waals surface area contributed by atoms with E-state index in [0.29, 0.717) is 9.90 Å². The minimum atomic E-state index is -3.51. The van der Waals surface area contributed by atoms with E-state index < -0.39 is 10.0 Å². The zero-order valence-electron chi connectivity index (χ0n) is 10.0. The lowest BCUT2D eigenvalue weighted by atomic mass is 10.4. The molecule has 0 saturated heterocycles. The van der Waals surface area contributed by atoms with E-state index in [1.165, 1.54) is 28.8 Å². The third-order valence-electron chi connectivity index (χ3n) is 2.48. The van der Waals surface area contributed by atoms with Crippen LogP contribution >= 0.6 is 34.3 Å². The monoisotopic (exact) mass is 337 g/mol. The van der Waals surface area contributed by atoms with Crippen LogP contribution in [0.3, 0.4) is 0 Å². The molecule has 0 aromatic carbocycles. The van der Waals surface area contributed by atoms with E-state index >= 15 is 0 Å². The first-order valence-corrected chi connectivity index (χ1v) is 8.83. The van der Waals surface area contributed by atoms with Crippen LogP contribution in [0.5, 0.6) is 0 Å². The summed E-state index contributed by atoms with van der Waals surface area (Å²) >= 11 is 8.29. The topological polar surface area (TPSA) is 57.6 Å². The van der Waals surface area contributed by atoms with E-state index in [-0.39, 0.29) is 17.4 Å². The Hall–Kier alpha value is -0.440. The molecule has 0 aliphatic carbocycles. The summed E-state index contributed by atoms with van der Waals surface area (Å²) < 4.78 is 26.8. The Balaban J connectivity index is 2.19. The molecule has 2 heterocycles. The Labute approximate surface area is 124 Å². The van der Waals surface area contributed by atoms with Crippen molar-refractivity contribution in [1.29, 1.82) is 0 Å². The molecule has 8 heteroatoms. The van der Waals surface area contributed by atoms with Gasteiger partial charge in [0.1, 0.15) is 4.21 Å². The van der Waals surface area contributed by atoms with Crippen molar-refractivity contribution in [3.8, 4) is 0 Å². The molecule has 19 heavy (non-hydrogen) atoms. The maximum atomic E-state index is 12.3. The number of thiophene rings is 2. The zero-order chi connectivity index (χ0) is 14.0. The standard InChI is InChI=1S/C11H12ClNO3S3/c1-13(5-9-2-3-10(12)18-9)19(15,16)11-4-8(6-14)7-17-11/h2-4,7,14H,5-6H2,1H3. The van der Waals surface area contributed by atoms with Crippen molar-refractivity contribution in [2.75, 3.05) is 7.05 Å². The fraction of sp³-hybridized carbons (Fsp3) is 0.273. The van der Waals surface area contributed by atoms with Gasteiger partial charge < -0.3 is 5.11 Å². The Kier molecular flexibility index (Phi) is 4.65. The lowest BCUT2D eigenvalue weighted by molar-refractivity contribution is 0.282. The van der Waals surface area contributed by atoms with E-state index in [9.17, 15) is 8.42 Å². The minimum Gasteiger partial charge on any atom is -0.392 e. The van der Waals surface area contributed by atoms with E-state index in [2.05, 4.69) is 0 Å². The Morgan fingerprint density at radius 1 is 1.42 bits per heavy atom. The molecule has 0 bridgehead atoms. The molecule has 0 aliphatic rings. The Bertz CT molecular complexity index is 662. The van der Waals surface area contributed by atoms with Crippen LogP contribution in [-0.4, -0.2) is 24.9 Å². The quantitative estimate of drug-likeness (QED) is 0.912. The Morgan fingerprint density at radius 2 is 2.16 bits per heavy atom. The maximum absolute atomic E-state index is 12.3. The molecule has 0 spiro atoms. The summed E-state index contributed by atoms with van der Waals surface area (Å²) in [6, 6.07) is 5.06. The van der Waals surface area contributed by atoms with Crippen molar-refractivity contribution in [3.05, 3.63) is 38.4 Å². The van der Waals surface area contributed by atoms with Crippen LogP contribution in [0, 0.1) is 0 Å². The van der Waals surface area contributed by atoms with Crippen molar-refractivity contribution < 1.29 is 13.5 Å². The van der Waals surface area contributed by atoms with Crippen LogP contribution in [0.15, 0.2) is 27.8 Å². The SMILES string of the molecule is CN(Cc1ccc(Cl)s1)S(=O)(=O)c1cc(CO)cs1. The van der Waals surface area contributed by atoms with Crippen LogP contribution in [0.1, 0.15) is 10.4 Å². The van der Waals surface area contributed by atoms with Crippen molar-refractivity contribution in [1.82, 2.24) is 4.31 Å². The molecular weight excluding hydrogens is 326 g/mol. The number of halogens is 1. The molecule has 1 N–H and O–H groups in total. The van der Waals surface area contributed by atoms with Gasteiger partial charge in [-0.15, -0.1) is 22.7 Å². The summed E-state index contributed by atoms with van der Waals surface area (Å²) in [7, 11) is -1.98. The molecule has 2 aromatic heterocycles. The molecule has 0 unspecified atom stereocenters. The van der Waals surface area contributed by atoms with E-state index in [0.717, 1.165) is 16.2 Å². The zero-order valence-corrected chi connectivity index (χ0v) is 13.2. The second-order valence-corrected chi connectivity index (χ2v) is 8.88. The minimum absolute atomic E-state index is 0.156. The lowest BCUT2D eigenvalue weighted by Crippen LogP contribution is -2.25. The second-order valence-electron chi connectivity index (χ2n) is 3.90. The molecule has 0 fully saturated rings. The average Bonchev–Trinajstić information content (AvgIpc) is 2.98. The third-order valence-corrected chi connectivity index (χ3v) is 6.97. The molecule has 0 atom stereocenters. The molecule has 0 saturated carbocycles. The number of hydrogen-bond acceptors (Lipinski definition) is 5. The van der Waals surface area contributed by atoms with Gasteiger partial charge in [0.15, 0.2) is 0 Å². The fourth-order valence-corrected chi connectivity index (χ4v) is 5.25. The molecule has 104 valence electrons. The predicted molar refractivity (Wildman–Crippen MR) is 78.2 cm³/mol. The van der Waals surface area contributed by atoms with Crippen LogP contribution in [-0.2, 0) is 23.2 Å². The summed E-state index contributed by atoms with van der Waals surface area (Å²) in [5, 5.41) is 10.6. The van der Waals surface area contributed by atoms with Gasteiger partial charge in [-0.2, -0.15) is 4.31 Å². The summed E-state index contributed by atoms with van der Waals surface area (Å²) in [4.78, 5) is 0.884. The highest BCUT2D eigenvalue weighted by Gasteiger charge is 2.23. The lowest BCUT2D eigenvalue weighted by Gasteiger charge is -2.14. The number of rotatable bonds is 5. The van der Waals surface area contributed by atoms with Crippen molar-refractivity contribution in [2.45, 2.75) is 17.4 Å². The average molecular weight is 338 g/mol. The van der Waals surface area contributed by atoms with Gasteiger partial charge in [0.05, 0.1) is 10.9 Å². The highest BCUT2D eigenvalue weighted by molar-refractivity contribution is 7.91.